The number of aromatic amines is 1. The Hall–Kier alpha value is -1.61. The van der Waals surface area contributed by atoms with Crippen molar-refractivity contribution in [3.8, 4) is 0 Å². The molecular formula is C15H20N2O. The van der Waals surface area contributed by atoms with E-state index >= 15 is 0 Å². The number of aryl methyl sites for hydroxylation is 1. The molecule has 0 aliphatic rings. The maximum Gasteiger partial charge on any atom is 0.165 e. The molecule has 0 atom stereocenters. The third-order valence-electron chi connectivity index (χ3n) is 3.36. The first-order valence-electron chi connectivity index (χ1n) is 6.25. The highest BCUT2D eigenvalue weighted by atomic mass is 16.1. The summed E-state index contributed by atoms with van der Waals surface area (Å²) in [6.07, 6.45) is 0.478. The zero-order valence-corrected chi connectivity index (χ0v) is 11.2. The van der Waals surface area contributed by atoms with E-state index in [1.807, 2.05) is 45.0 Å². The first-order chi connectivity index (χ1) is 8.44. The number of fused-ring (bicyclic) bond motifs is 1. The van der Waals surface area contributed by atoms with E-state index < -0.39 is 0 Å². The van der Waals surface area contributed by atoms with Crippen molar-refractivity contribution in [1.29, 1.82) is 0 Å². The van der Waals surface area contributed by atoms with Gasteiger partial charge in [-0.1, -0.05) is 32.0 Å². The minimum absolute atomic E-state index is 0.151. The molecule has 0 fully saturated rings. The minimum atomic E-state index is -0.151. The Morgan fingerprint density at radius 2 is 2.00 bits per heavy atom. The van der Waals surface area contributed by atoms with Gasteiger partial charge in [-0.3, -0.25) is 4.79 Å². The molecule has 0 amide bonds. The van der Waals surface area contributed by atoms with Gasteiger partial charge in [0.2, 0.25) is 0 Å². The summed E-state index contributed by atoms with van der Waals surface area (Å²) in [6.45, 7) is 6.51. The van der Waals surface area contributed by atoms with Gasteiger partial charge in [-0.2, -0.15) is 0 Å². The molecule has 1 aromatic carbocycles. The van der Waals surface area contributed by atoms with Gasteiger partial charge in [-0.05, 0) is 24.9 Å². The third-order valence-corrected chi connectivity index (χ3v) is 3.36. The maximum absolute atomic E-state index is 12.4. The van der Waals surface area contributed by atoms with Gasteiger partial charge in [-0.25, -0.2) is 0 Å². The number of carbonyl (C=O) groups is 1. The van der Waals surface area contributed by atoms with Gasteiger partial charge in [0.15, 0.2) is 5.78 Å². The summed E-state index contributed by atoms with van der Waals surface area (Å²) in [5.74, 6) is 0.167. The van der Waals surface area contributed by atoms with Crippen LogP contribution in [-0.4, -0.2) is 17.3 Å². The molecule has 0 saturated carbocycles. The Balaban J connectivity index is 2.42. The van der Waals surface area contributed by atoms with Crippen LogP contribution in [0.1, 0.15) is 36.3 Å². The Kier molecular flexibility index (Phi) is 3.26. The molecule has 96 valence electrons. The third kappa shape index (κ3) is 2.31. The van der Waals surface area contributed by atoms with Crippen molar-refractivity contribution < 1.29 is 4.79 Å². The van der Waals surface area contributed by atoms with Crippen molar-refractivity contribution in [2.24, 2.45) is 11.1 Å². The van der Waals surface area contributed by atoms with Crippen molar-refractivity contribution in [2.75, 3.05) is 6.54 Å². The number of para-hydroxylation sites is 1. The van der Waals surface area contributed by atoms with E-state index in [4.69, 9.17) is 5.73 Å². The number of aromatic nitrogens is 1. The minimum Gasteiger partial charge on any atom is -0.358 e. The molecule has 0 aliphatic carbocycles. The van der Waals surface area contributed by atoms with E-state index in [-0.39, 0.29) is 11.2 Å². The summed E-state index contributed by atoms with van der Waals surface area (Å²) >= 11 is 0. The van der Waals surface area contributed by atoms with Gasteiger partial charge in [0, 0.05) is 28.6 Å². The van der Waals surface area contributed by atoms with Gasteiger partial charge in [-0.15, -0.1) is 0 Å². The summed E-state index contributed by atoms with van der Waals surface area (Å²) < 4.78 is 0. The summed E-state index contributed by atoms with van der Waals surface area (Å²) in [5, 5.41) is 1.01. The number of H-pyrrole nitrogens is 1. The second-order valence-electron chi connectivity index (χ2n) is 5.64. The van der Waals surface area contributed by atoms with E-state index in [1.54, 1.807) is 0 Å². The molecule has 1 heterocycles. The first-order valence-corrected chi connectivity index (χ1v) is 6.25. The highest BCUT2D eigenvalue weighted by Crippen LogP contribution is 2.27. The van der Waals surface area contributed by atoms with E-state index in [1.165, 1.54) is 0 Å². The van der Waals surface area contributed by atoms with Gasteiger partial charge in [0.05, 0.1) is 0 Å². The van der Waals surface area contributed by atoms with Crippen LogP contribution >= 0.6 is 0 Å². The molecule has 2 rings (SSSR count). The number of carbonyl (C=O) groups excluding carboxylic acids is 1. The number of rotatable bonds is 4. The summed E-state index contributed by atoms with van der Waals surface area (Å²) in [4.78, 5) is 15.7. The van der Waals surface area contributed by atoms with Crippen molar-refractivity contribution in [1.82, 2.24) is 4.98 Å². The molecular weight excluding hydrogens is 224 g/mol. The summed E-state index contributed by atoms with van der Waals surface area (Å²) in [5.41, 5.74) is 8.32. The van der Waals surface area contributed by atoms with Crippen molar-refractivity contribution in [3.05, 3.63) is 35.5 Å². The number of Topliss-reactive ketones (excluding diaryl/α,β-unsaturated/α-hetero) is 1. The van der Waals surface area contributed by atoms with Gasteiger partial charge < -0.3 is 10.7 Å². The lowest BCUT2D eigenvalue weighted by molar-refractivity contribution is 0.0936. The zero-order valence-electron chi connectivity index (χ0n) is 11.2. The highest BCUT2D eigenvalue weighted by Gasteiger charge is 2.24. The Morgan fingerprint density at radius 1 is 1.33 bits per heavy atom. The molecule has 0 saturated heterocycles. The van der Waals surface area contributed by atoms with Crippen LogP contribution in [0.3, 0.4) is 0 Å². The normalized spacial score (nSPS) is 12.0. The molecule has 0 unspecified atom stereocenters. The molecule has 1 aromatic heterocycles. The van der Waals surface area contributed by atoms with Gasteiger partial charge in [0.1, 0.15) is 0 Å². The zero-order chi connectivity index (χ0) is 13.3. The predicted octanol–water partition coefficient (Wildman–Crippen LogP) is 3.03. The van der Waals surface area contributed by atoms with Crippen LogP contribution in [0.4, 0.5) is 0 Å². The number of benzene rings is 1. The number of nitrogens with one attached hydrogen (secondary N) is 1. The smallest absolute Gasteiger partial charge is 0.165 e. The lowest BCUT2D eigenvalue weighted by Gasteiger charge is -2.21. The fourth-order valence-corrected chi connectivity index (χ4v) is 2.23. The Morgan fingerprint density at radius 3 is 2.67 bits per heavy atom. The fourth-order valence-electron chi connectivity index (χ4n) is 2.23. The second-order valence-corrected chi connectivity index (χ2v) is 5.64. The number of ketones is 1. The van der Waals surface area contributed by atoms with E-state index in [0.29, 0.717) is 13.0 Å². The lowest BCUT2D eigenvalue weighted by Crippen LogP contribution is -2.26. The fraction of sp³-hybridized carbons (Fsp3) is 0.400. The number of nitrogens with two attached hydrogens (primary N) is 1. The van der Waals surface area contributed by atoms with Crippen LogP contribution in [-0.2, 0) is 0 Å². The van der Waals surface area contributed by atoms with E-state index in [2.05, 4.69) is 4.98 Å². The second kappa shape index (κ2) is 4.58. The molecule has 2 aromatic rings. The van der Waals surface area contributed by atoms with Crippen LogP contribution in [0, 0.1) is 12.3 Å². The monoisotopic (exact) mass is 244 g/mol. The molecule has 0 bridgehead atoms. The van der Waals surface area contributed by atoms with E-state index in [0.717, 1.165) is 22.2 Å². The van der Waals surface area contributed by atoms with Crippen LogP contribution in [0.25, 0.3) is 10.9 Å². The summed E-state index contributed by atoms with van der Waals surface area (Å²) in [6, 6.07) is 7.91. The molecule has 0 radical (unpaired) electrons. The molecule has 3 N–H and O–H groups in total. The van der Waals surface area contributed by atoms with Crippen LogP contribution in [0.2, 0.25) is 0 Å². The lowest BCUT2D eigenvalue weighted by atomic mass is 9.85. The average molecular weight is 244 g/mol. The van der Waals surface area contributed by atoms with Gasteiger partial charge in [0.25, 0.3) is 0 Å². The Bertz CT molecular complexity index is 581. The maximum atomic E-state index is 12.4. The molecule has 3 nitrogen and oxygen atoms in total. The topological polar surface area (TPSA) is 58.9 Å². The Labute approximate surface area is 107 Å². The highest BCUT2D eigenvalue weighted by molar-refractivity contribution is 6.09. The van der Waals surface area contributed by atoms with Crippen molar-refractivity contribution in [3.63, 3.8) is 0 Å². The SMILES string of the molecule is Cc1[nH]c2ccccc2c1C(=O)CC(C)(C)CN. The van der Waals surface area contributed by atoms with Crippen LogP contribution in [0.5, 0.6) is 0 Å². The van der Waals surface area contributed by atoms with Crippen LogP contribution < -0.4 is 5.73 Å². The molecule has 0 spiro atoms. The molecule has 18 heavy (non-hydrogen) atoms. The van der Waals surface area contributed by atoms with Gasteiger partial charge >= 0.3 is 0 Å². The molecule has 3 heteroatoms. The first kappa shape index (κ1) is 12.8. The van der Waals surface area contributed by atoms with Crippen molar-refractivity contribution in [2.45, 2.75) is 27.2 Å². The molecule has 0 aliphatic heterocycles. The van der Waals surface area contributed by atoms with Crippen LogP contribution in [0.15, 0.2) is 24.3 Å². The predicted molar refractivity (Wildman–Crippen MR) is 74.8 cm³/mol. The standard InChI is InChI=1S/C15H20N2O/c1-10-14(13(18)8-15(2,3)9-16)11-6-4-5-7-12(11)17-10/h4-7,17H,8-9,16H2,1-3H3. The quantitative estimate of drug-likeness (QED) is 0.812. The van der Waals surface area contributed by atoms with E-state index in [9.17, 15) is 4.79 Å². The number of hydrogen-bond acceptors (Lipinski definition) is 2. The van der Waals surface area contributed by atoms with Crippen molar-refractivity contribution >= 4 is 16.7 Å². The summed E-state index contributed by atoms with van der Waals surface area (Å²) in [7, 11) is 0. The largest absolute Gasteiger partial charge is 0.358 e. The number of hydrogen-bond donors (Lipinski definition) is 2. The average Bonchev–Trinajstić information content (AvgIpc) is 2.64.